The van der Waals surface area contributed by atoms with Crippen molar-refractivity contribution in [3.63, 3.8) is 0 Å². The second-order valence-electron chi connectivity index (χ2n) is 6.66. The third-order valence-electron chi connectivity index (χ3n) is 4.48. The number of esters is 2. The molecule has 2 atom stereocenters. The zero-order chi connectivity index (χ0) is 16.1. The van der Waals surface area contributed by atoms with Gasteiger partial charge in [0.05, 0.1) is 11.8 Å². The molecule has 1 fully saturated rings. The largest absolute Gasteiger partial charge is 0.393 e. The minimum atomic E-state index is -0.333. The highest BCUT2D eigenvalue weighted by Crippen LogP contribution is 2.37. The molecule has 0 saturated carbocycles. The lowest BCUT2D eigenvalue weighted by Gasteiger charge is -2.20. The topological polar surface area (TPSA) is 43.4 Å². The van der Waals surface area contributed by atoms with E-state index in [-0.39, 0.29) is 23.8 Å². The van der Waals surface area contributed by atoms with Crippen LogP contribution in [0.4, 0.5) is 0 Å². The quantitative estimate of drug-likeness (QED) is 0.412. The lowest BCUT2D eigenvalue weighted by Crippen LogP contribution is -2.21. The number of fused-ring (bicyclic) bond motifs is 1. The van der Waals surface area contributed by atoms with Crippen LogP contribution in [0.25, 0.3) is 0 Å². The average Bonchev–Trinajstić information content (AvgIpc) is 2.73. The Morgan fingerprint density at radius 2 is 1.86 bits per heavy atom. The number of allylic oxidation sites excluding steroid dienone is 6. The summed E-state index contributed by atoms with van der Waals surface area (Å²) in [6.07, 6.45) is 12.2. The molecule has 0 amide bonds. The number of hydrogen-bond donors (Lipinski definition) is 0. The van der Waals surface area contributed by atoms with Crippen molar-refractivity contribution in [1.29, 1.82) is 0 Å². The second kappa shape index (κ2) is 7.57. The van der Waals surface area contributed by atoms with Crippen LogP contribution < -0.4 is 0 Å². The van der Waals surface area contributed by atoms with Crippen molar-refractivity contribution in [2.45, 2.75) is 59.3 Å². The van der Waals surface area contributed by atoms with E-state index >= 15 is 0 Å². The maximum absolute atomic E-state index is 11.6. The summed E-state index contributed by atoms with van der Waals surface area (Å²) in [6.45, 7) is 6.43. The fraction of sp³-hybridized carbons (Fsp3) is 0.579. The van der Waals surface area contributed by atoms with Gasteiger partial charge in [0, 0.05) is 0 Å². The first-order valence-corrected chi connectivity index (χ1v) is 8.20. The Morgan fingerprint density at radius 1 is 1.14 bits per heavy atom. The summed E-state index contributed by atoms with van der Waals surface area (Å²) in [5.74, 6) is -1.11. The molecule has 22 heavy (non-hydrogen) atoms. The van der Waals surface area contributed by atoms with Crippen molar-refractivity contribution in [1.82, 2.24) is 0 Å². The normalized spacial score (nSPS) is 24.7. The summed E-state index contributed by atoms with van der Waals surface area (Å²) in [7, 11) is 0. The molecule has 2 rings (SSSR count). The predicted octanol–water partition coefficient (Wildman–Crippen LogP) is 4.50. The molecule has 0 N–H and O–H groups in total. The Labute approximate surface area is 133 Å². The van der Waals surface area contributed by atoms with E-state index in [1.165, 1.54) is 16.7 Å². The highest BCUT2D eigenvalue weighted by Gasteiger charge is 2.45. The van der Waals surface area contributed by atoms with Crippen LogP contribution in [-0.4, -0.2) is 11.9 Å². The van der Waals surface area contributed by atoms with E-state index in [4.69, 9.17) is 4.74 Å². The molecule has 0 aromatic carbocycles. The van der Waals surface area contributed by atoms with Gasteiger partial charge in [-0.2, -0.15) is 0 Å². The van der Waals surface area contributed by atoms with E-state index in [0.717, 1.165) is 25.7 Å². The minimum absolute atomic E-state index is 0.224. The molecule has 0 aromatic heterocycles. The highest BCUT2D eigenvalue weighted by atomic mass is 16.6. The van der Waals surface area contributed by atoms with Crippen LogP contribution in [0, 0.1) is 11.8 Å². The number of hydrogen-bond acceptors (Lipinski definition) is 3. The van der Waals surface area contributed by atoms with Crippen LogP contribution in [-0.2, 0) is 14.3 Å². The van der Waals surface area contributed by atoms with Gasteiger partial charge in [-0.1, -0.05) is 34.9 Å². The molecule has 0 unspecified atom stereocenters. The molecule has 1 heterocycles. The van der Waals surface area contributed by atoms with E-state index in [1.54, 1.807) is 0 Å². The molecular weight excluding hydrogens is 276 g/mol. The van der Waals surface area contributed by atoms with E-state index < -0.39 is 0 Å². The fourth-order valence-electron chi connectivity index (χ4n) is 3.12. The van der Waals surface area contributed by atoms with Gasteiger partial charge in [0.25, 0.3) is 0 Å². The van der Waals surface area contributed by atoms with Gasteiger partial charge in [-0.25, -0.2) is 0 Å². The predicted molar refractivity (Wildman–Crippen MR) is 87.1 cm³/mol. The first kappa shape index (κ1) is 16.7. The summed E-state index contributed by atoms with van der Waals surface area (Å²) in [6, 6.07) is 0. The highest BCUT2D eigenvalue weighted by molar-refractivity contribution is 5.96. The fourth-order valence-corrected chi connectivity index (χ4v) is 3.12. The SMILES string of the molecule is CC(C)=CCCC(C)=CCCC1=CC[C@H]2C(=O)OC(=O)[C@H]2C1. The molecule has 0 spiro atoms. The van der Waals surface area contributed by atoms with E-state index in [1.807, 2.05) is 0 Å². The van der Waals surface area contributed by atoms with Crippen LogP contribution in [0.1, 0.15) is 59.3 Å². The minimum Gasteiger partial charge on any atom is -0.393 e. The Morgan fingerprint density at radius 3 is 2.59 bits per heavy atom. The first-order chi connectivity index (χ1) is 10.5. The molecule has 0 aromatic rings. The van der Waals surface area contributed by atoms with Crippen LogP contribution in [0.3, 0.4) is 0 Å². The Balaban J connectivity index is 1.78. The van der Waals surface area contributed by atoms with Crippen LogP contribution >= 0.6 is 0 Å². The lowest BCUT2D eigenvalue weighted by atomic mass is 9.80. The molecule has 3 heteroatoms. The Hall–Kier alpha value is -1.64. The van der Waals surface area contributed by atoms with Gasteiger partial charge >= 0.3 is 11.9 Å². The van der Waals surface area contributed by atoms with Gasteiger partial charge in [-0.05, 0) is 59.3 Å². The average molecular weight is 302 g/mol. The lowest BCUT2D eigenvalue weighted by molar-refractivity contribution is -0.153. The van der Waals surface area contributed by atoms with Crippen molar-refractivity contribution in [2.75, 3.05) is 0 Å². The Bertz CT molecular complexity index is 533. The monoisotopic (exact) mass is 302 g/mol. The number of carbonyl (C=O) groups is 2. The third kappa shape index (κ3) is 4.43. The number of rotatable bonds is 6. The van der Waals surface area contributed by atoms with Crippen molar-refractivity contribution in [3.05, 3.63) is 34.9 Å². The van der Waals surface area contributed by atoms with Crippen molar-refractivity contribution >= 4 is 11.9 Å². The molecule has 0 radical (unpaired) electrons. The standard InChI is InChI=1S/C19H26O3/c1-13(2)6-4-7-14(3)8-5-9-15-10-11-16-17(12-15)19(21)22-18(16)20/h6,8,10,16-17H,4-5,7,9,11-12H2,1-3H3/t16-,17+/m1/s1. The Kier molecular flexibility index (Phi) is 5.76. The molecule has 1 saturated heterocycles. The molecule has 0 bridgehead atoms. The second-order valence-corrected chi connectivity index (χ2v) is 6.66. The number of cyclic esters (lactones) is 2. The summed E-state index contributed by atoms with van der Waals surface area (Å²) >= 11 is 0. The summed E-state index contributed by atoms with van der Waals surface area (Å²) < 4.78 is 4.73. The van der Waals surface area contributed by atoms with Gasteiger partial charge in [-0.15, -0.1) is 0 Å². The summed E-state index contributed by atoms with van der Waals surface area (Å²) in [5.41, 5.74) is 4.08. The van der Waals surface area contributed by atoms with Crippen molar-refractivity contribution < 1.29 is 14.3 Å². The van der Waals surface area contributed by atoms with Gasteiger partial charge in [-0.3, -0.25) is 9.59 Å². The van der Waals surface area contributed by atoms with Gasteiger partial charge in [0.15, 0.2) is 0 Å². The van der Waals surface area contributed by atoms with Crippen LogP contribution in [0.15, 0.2) is 34.9 Å². The van der Waals surface area contributed by atoms with Gasteiger partial charge in [0.2, 0.25) is 0 Å². The summed E-state index contributed by atoms with van der Waals surface area (Å²) in [4.78, 5) is 23.1. The van der Waals surface area contributed by atoms with Gasteiger partial charge in [0.1, 0.15) is 0 Å². The van der Waals surface area contributed by atoms with Gasteiger partial charge < -0.3 is 4.74 Å². The molecule has 2 aliphatic rings. The molecule has 3 nitrogen and oxygen atoms in total. The van der Waals surface area contributed by atoms with Crippen LogP contribution in [0.5, 0.6) is 0 Å². The smallest absolute Gasteiger partial charge is 0.317 e. The van der Waals surface area contributed by atoms with E-state index in [9.17, 15) is 9.59 Å². The van der Waals surface area contributed by atoms with E-state index in [2.05, 4.69) is 39.0 Å². The molecule has 120 valence electrons. The van der Waals surface area contributed by atoms with Crippen molar-refractivity contribution in [3.8, 4) is 0 Å². The zero-order valence-electron chi connectivity index (χ0n) is 13.9. The molecular formula is C19H26O3. The molecule has 1 aliphatic carbocycles. The first-order valence-electron chi connectivity index (χ1n) is 8.20. The van der Waals surface area contributed by atoms with E-state index in [0.29, 0.717) is 12.8 Å². The van der Waals surface area contributed by atoms with Crippen LogP contribution in [0.2, 0.25) is 0 Å². The number of carbonyl (C=O) groups excluding carboxylic acids is 2. The number of ether oxygens (including phenoxy) is 1. The van der Waals surface area contributed by atoms with Crippen molar-refractivity contribution in [2.24, 2.45) is 11.8 Å². The summed E-state index contributed by atoms with van der Waals surface area (Å²) in [5, 5.41) is 0. The third-order valence-corrected chi connectivity index (χ3v) is 4.48. The maximum Gasteiger partial charge on any atom is 0.317 e. The maximum atomic E-state index is 11.6. The zero-order valence-corrected chi connectivity index (χ0v) is 13.9. The molecule has 1 aliphatic heterocycles.